The van der Waals surface area contributed by atoms with Gasteiger partial charge < -0.3 is 21.3 Å². The summed E-state index contributed by atoms with van der Waals surface area (Å²) in [5.41, 5.74) is 7.32. The van der Waals surface area contributed by atoms with Crippen molar-refractivity contribution in [3.8, 4) is 0 Å². The van der Waals surface area contributed by atoms with Crippen molar-refractivity contribution in [2.24, 2.45) is 17.1 Å². The van der Waals surface area contributed by atoms with Crippen molar-refractivity contribution in [2.45, 2.75) is 46.1 Å². The van der Waals surface area contributed by atoms with Crippen LogP contribution < -0.4 is 16.4 Å². The van der Waals surface area contributed by atoms with Crippen LogP contribution in [-0.2, 0) is 6.42 Å². The van der Waals surface area contributed by atoms with Gasteiger partial charge in [-0.15, -0.1) is 0 Å². The van der Waals surface area contributed by atoms with E-state index in [4.69, 9.17) is 28.9 Å². The normalized spacial score (nSPS) is 16.1. The highest BCUT2D eigenvalue weighted by atomic mass is 35.5. The van der Waals surface area contributed by atoms with Crippen LogP contribution in [0.3, 0.4) is 0 Å². The molecule has 1 saturated heterocycles. The Bertz CT molecular complexity index is 1010. The average Bonchev–Trinajstić information content (AvgIpc) is 2.76. The molecule has 1 aliphatic heterocycles. The van der Waals surface area contributed by atoms with Crippen LogP contribution in [-0.4, -0.2) is 42.5 Å². The lowest BCUT2D eigenvalue weighted by Crippen LogP contribution is -2.53. The number of likely N-dealkylation sites (tertiary alicyclic amines) is 1. The smallest absolute Gasteiger partial charge is 0.319 e. The molecule has 184 valence electrons. The van der Waals surface area contributed by atoms with Crippen LogP contribution in [0.25, 0.3) is 0 Å². The third kappa shape index (κ3) is 7.62. The third-order valence-electron chi connectivity index (χ3n) is 6.41. The number of urea groups is 1. The molecule has 0 spiro atoms. The van der Waals surface area contributed by atoms with E-state index in [0.29, 0.717) is 27.2 Å². The monoisotopic (exact) mass is 504 g/mol. The molecule has 1 atom stereocenters. The molecule has 0 radical (unpaired) electrons. The topological polar surface area (TPSA) is 87.5 Å². The van der Waals surface area contributed by atoms with E-state index in [2.05, 4.69) is 42.4 Å². The van der Waals surface area contributed by atoms with Gasteiger partial charge in [0.05, 0.1) is 10.0 Å². The van der Waals surface area contributed by atoms with Gasteiger partial charge in [-0.25, -0.2) is 4.79 Å². The lowest BCUT2D eigenvalue weighted by atomic mass is 9.85. The molecule has 0 saturated carbocycles. The van der Waals surface area contributed by atoms with Gasteiger partial charge in [-0.1, -0.05) is 56.1 Å². The van der Waals surface area contributed by atoms with Crippen LogP contribution in [0, 0.1) is 11.3 Å². The van der Waals surface area contributed by atoms with Gasteiger partial charge in [0.1, 0.15) is 0 Å². The van der Waals surface area contributed by atoms with E-state index >= 15 is 0 Å². The quantitative estimate of drug-likeness (QED) is 0.459. The number of rotatable bonds is 7. The highest BCUT2D eigenvalue weighted by Gasteiger charge is 2.30. The Morgan fingerprint density at radius 3 is 2.41 bits per heavy atom. The van der Waals surface area contributed by atoms with Gasteiger partial charge in [-0.3, -0.25) is 4.79 Å². The van der Waals surface area contributed by atoms with Gasteiger partial charge >= 0.3 is 6.03 Å². The number of primary amides is 1. The van der Waals surface area contributed by atoms with Gasteiger partial charge in [0, 0.05) is 23.8 Å². The summed E-state index contributed by atoms with van der Waals surface area (Å²) in [6, 6.07) is 12.2. The molecule has 8 heteroatoms. The van der Waals surface area contributed by atoms with Crippen LogP contribution in [0.4, 0.5) is 10.5 Å². The summed E-state index contributed by atoms with van der Waals surface area (Å²) in [5, 5.41) is 7.15. The summed E-state index contributed by atoms with van der Waals surface area (Å²) < 4.78 is 0. The Kier molecular flexibility index (Phi) is 8.85. The zero-order chi connectivity index (χ0) is 24.9. The fourth-order valence-corrected chi connectivity index (χ4v) is 4.56. The Labute approximate surface area is 212 Å². The molecular weight excluding hydrogens is 471 g/mol. The number of benzene rings is 2. The van der Waals surface area contributed by atoms with Gasteiger partial charge in [0.25, 0.3) is 0 Å². The van der Waals surface area contributed by atoms with E-state index in [1.807, 2.05) is 12.1 Å². The number of carbonyl (C=O) groups is 2. The fourth-order valence-electron chi connectivity index (χ4n) is 4.24. The summed E-state index contributed by atoms with van der Waals surface area (Å²) in [6.07, 6.45) is 3.20. The number of piperidine rings is 1. The lowest BCUT2D eigenvalue weighted by Gasteiger charge is -2.39. The highest BCUT2D eigenvalue weighted by molar-refractivity contribution is 6.42. The number of nitrogens with one attached hydrogen (secondary N) is 2. The molecule has 1 unspecified atom stereocenters. The molecule has 1 aliphatic rings. The Morgan fingerprint density at radius 2 is 1.79 bits per heavy atom. The van der Waals surface area contributed by atoms with Crippen LogP contribution in [0.5, 0.6) is 0 Å². The van der Waals surface area contributed by atoms with Crippen LogP contribution in [0.2, 0.25) is 10.0 Å². The number of hydrogen-bond donors (Lipinski definition) is 3. The number of halogens is 2. The van der Waals surface area contributed by atoms with Gasteiger partial charge in [0.2, 0.25) is 5.91 Å². The van der Waals surface area contributed by atoms with Crippen LogP contribution in [0.15, 0.2) is 42.5 Å². The maximum atomic E-state index is 12.7. The summed E-state index contributed by atoms with van der Waals surface area (Å²) in [4.78, 5) is 26.5. The van der Waals surface area contributed by atoms with Crippen molar-refractivity contribution in [3.63, 3.8) is 0 Å². The molecule has 0 aromatic heterocycles. The Hall–Kier alpha value is -2.28. The summed E-state index contributed by atoms with van der Waals surface area (Å²) in [6.45, 7) is 9.14. The second-order valence-corrected chi connectivity index (χ2v) is 11.0. The number of anilines is 1. The van der Waals surface area contributed by atoms with Gasteiger partial charge in [-0.05, 0) is 79.6 Å². The van der Waals surface area contributed by atoms with Crippen molar-refractivity contribution in [1.82, 2.24) is 10.2 Å². The van der Waals surface area contributed by atoms with Crippen molar-refractivity contribution in [1.29, 1.82) is 0 Å². The zero-order valence-corrected chi connectivity index (χ0v) is 21.5. The molecule has 6 nitrogen and oxygen atoms in total. The van der Waals surface area contributed by atoms with Crippen molar-refractivity contribution < 1.29 is 9.59 Å². The maximum absolute atomic E-state index is 12.7. The molecule has 1 heterocycles. The van der Waals surface area contributed by atoms with Crippen molar-refractivity contribution >= 4 is 40.8 Å². The molecule has 0 aliphatic carbocycles. The first kappa shape index (κ1) is 26.3. The highest BCUT2D eigenvalue weighted by Crippen LogP contribution is 2.28. The minimum atomic E-state index is -0.529. The molecule has 34 heavy (non-hydrogen) atoms. The standard InChI is InChI=1S/C26H34Cl2N4O2/c1-26(2,3)23(31-25(34)30-20-6-4-5-19(15-20)24(29)33)16-32-11-9-17(10-12-32)13-18-7-8-21(27)22(28)14-18/h4-8,14-15,17,23H,9-13,16H2,1-3H3,(H2,29,33)(H2,30,31,34). The van der Waals surface area contributed by atoms with E-state index in [-0.39, 0.29) is 17.5 Å². The second-order valence-electron chi connectivity index (χ2n) is 10.2. The van der Waals surface area contributed by atoms with Crippen molar-refractivity contribution in [2.75, 3.05) is 25.0 Å². The molecule has 2 aromatic rings. The first-order valence-corrected chi connectivity index (χ1v) is 12.4. The summed E-state index contributed by atoms with van der Waals surface area (Å²) in [7, 11) is 0. The van der Waals surface area contributed by atoms with E-state index < -0.39 is 5.91 Å². The first-order valence-electron chi connectivity index (χ1n) is 11.6. The van der Waals surface area contributed by atoms with E-state index in [1.165, 1.54) is 5.56 Å². The predicted octanol–water partition coefficient (Wildman–Crippen LogP) is 5.58. The summed E-state index contributed by atoms with van der Waals surface area (Å²) >= 11 is 12.2. The molecule has 2 aromatic carbocycles. The molecule has 0 bridgehead atoms. The minimum absolute atomic E-state index is 0.0431. The van der Waals surface area contributed by atoms with Gasteiger partial charge in [-0.2, -0.15) is 0 Å². The fraction of sp³-hybridized carbons (Fsp3) is 0.462. The van der Waals surface area contributed by atoms with E-state index in [0.717, 1.165) is 38.9 Å². The van der Waals surface area contributed by atoms with E-state index in [9.17, 15) is 9.59 Å². The molecule has 1 fully saturated rings. The molecule has 3 rings (SSSR count). The molecule has 4 N–H and O–H groups in total. The van der Waals surface area contributed by atoms with Gasteiger partial charge in [0.15, 0.2) is 0 Å². The zero-order valence-electron chi connectivity index (χ0n) is 20.0. The molecule has 3 amide bonds. The lowest BCUT2D eigenvalue weighted by molar-refractivity contribution is 0.1000. The minimum Gasteiger partial charge on any atom is -0.366 e. The Morgan fingerprint density at radius 1 is 1.09 bits per heavy atom. The third-order valence-corrected chi connectivity index (χ3v) is 7.15. The van der Waals surface area contributed by atoms with Crippen LogP contribution >= 0.6 is 23.2 Å². The second kappa shape index (κ2) is 11.4. The average molecular weight is 505 g/mol. The Balaban J connectivity index is 1.53. The number of nitrogens with two attached hydrogens (primary N) is 1. The SMILES string of the molecule is CC(C)(C)C(CN1CCC(Cc2ccc(Cl)c(Cl)c2)CC1)NC(=O)Nc1cccc(C(N)=O)c1. The largest absolute Gasteiger partial charge is 0.366 e. The van der Waals surface area contributed by atoms with E-state index in [1.54, 1.807) is 24.3 Å². The maximum Gasteiger partial charge on any atom is 0.319 e. The number of amides is 3. The summed E-state index contributed by atoms with van der Waals surface area (Å²) in [5.74, 6) is 0.0783. The number of nitrogens with zero attached hydrogens (tertiary/aromatic N) is 1. The predicted molar refractivity (Wildman–Crippen MR) is 140 cm³/mol. The number of carbonyl (C=O) groups excluding carboxylic acids is 2. The molecular formula is C26H34Cl2N4O2. The number of hydrogen-bond acceptors (Lipinski definition) is 3. The van der Waals surface area contributed by atoms with Crippen LogP contribution in [0.1, 0.15) is 49.5 Å². The van der Waals surface area contributed by atoms with Crippen molar-refractivity contribution in [3.05, 3.63) is 63.6 Å². The first-order chi connectivity index (χ1) is 16.0.